The highest BCUT2D eigenvalue weighted by atomic mass is 79.9. The van der Waals surface area contributed by atoms with E-state index in [9.17, 15) is 9.59 Å². The first-order valence-corrected chi connectivity index (χ1v) is 8.35. The number of aryl methyl sites for hydroxylation is 1. The largest absolute Gasteiger partial charge is 0.331 e. The van der Waals surface area contributed by atoms with Gasteiger partial charge in [-0.1, -0.05) is 34.1 Å². The second-order valence-corrected chi connectivity index (χ2v) is 6.50. The van der Waals surface area contributed by atoms with Gasteiger partial charge in [-0.05, 0) is 49.2 Å². The number of nitrogens with one attached hydrogen (secondary N) is 3. The monoisotopic (exact) mass is 389 g/mol. The molecule has 3 N–H and O–H groups in total. The van der Waals surface area contributed by atoms with Crippen molar-refractivity contribution in [2.24, 2.45) is 0 Å². The minimum absolute atomic E-state index is 0.138. The van der Waals surface area contributed by atoms with Crippen LogP contribution in [0.3, 0.4) is 0 Å². The molecule has 0 saturated heterocycles. The average molecular weight is 390 g/mol. The fourth-order valence-electron chi connectivity index (χ4n) is 2.25. The summed E-state index contributed by atoms with van der Waals surface area (Å²) in [6.07, 6.45) is 0. The van der Waals surface area contributed by atoms with Gasteiger partial charge < -0.3 is 16.0 Å². The predicted molar refractivity (Wildman–Crippen MR) is 100 cm³/mol. The van der Waals surface area contributed by atoms with Gasteiger partial charge in [0, 0.05) is 22.8 Å². The van der Waals surface area contributed by atoms with Crippen LogP contribution in [0.1, 0.15) is 31.0 Å². The van der Waals surface area contributed by atoms with Gasteiger partial charge >= 0.3 is 6.03 Å². The Kier molecular flexibility index (Phi) is 5.98. The number of halogens is 1. The van der Waals surface area contributed by atoms with Crippen LogP contribution in [0.4, 0.5) is 16.2 Å². The topological polar surface area (TPSA) is 70.2 Å². The highest BCUT2D eigenvalue weighted by molar-refractivity contribution is 9.10. The van der Waals surface area contributed by atoms with Crippen molar-refractivity contribution in [2.45, 2.75) is 26.8 Å². The lowest BCUT2D eigenvalue weighted by molar-refractivity contribution is -0.114. The summed E-state index contributed by atoms with van der Waals surface area (Å²) < 4.78 is 0.966. The second kappa shape index (κ2) is 7.97. The molecule has 0 saturated carbocycles. The Morgan fingerprint density at radius 1 is 1.08 bits per heavy atom. The van der Waals surface area contributed by atoms with E-state index in [0.29, 0.717) is 11.4 Å². The van der Waals surface area contributed by atoms with Crippen LogP contribution in [0.2, 0.25) is 0 Å². The molecule has 2 rings (SSSR count). The van der Waals surface area contributed by atoms with Gasteiger partial charge in [0.25, 0.3) is 0 Å². The van der Waals surface area contributed by atoms with E-state index in [4.69, 9.17) is 0 Å². The molecule has 5 nitrogen and oxygen atoms in total. The van der Waals surface area contributed by atoms with Crippen LogP contribution in [-0.4, -0.2) is 11.9 Å². The maximum atomic E-state index is 12.2. The van der Waals surface area contributed by atoms with Crippen LogP contribution >= 0.6 is 15.9 Å². The molecule has 0 aliphatic rings. The Morgan fingerprint density at radius 3 is 2.50 bits per heavy atom. The normalized spacial score (nSPS) is 11.5. The zero-order chi connectivity index (χ0) is 17.7. The minimum atomic E-state index is -0.300. The molecular weight excluding hydrogens is 370 g/mol. The van der Waals surface area contributed by atoms with Crippen LogP contribution in [-0.2, 0) is 4.79 Å². The third-order valence-electron chi connectivity index (χ3n) is 3.50. The molecule has 2 aromatic rings. The van der Waals surface area contributed by atoms with Crippen molar-refractivity contribution in [2.75, 3.05) is 10.6 Å². The number of carbonyl (C=O) groups excluding carboxylic acids is 2. The van der Waals surface area contributed by atoms with Crippen molar-refractivity contribution in [3.8, 4) is 0 Å². The van der Waals surface area contributed by atoms with E-state index in [0.717, 1.165) is 15.6 Å². The fourth-order valence-corrected chi connectivity index (χ4v) is 2.67. The zero-order valence-electron chi connectivity index (χ0n) is 13.8. The standard InChI is InChI=1S/C18H20BrN3O2/c1-11-7-8-16(21-13(3)23)10-17(11)22-18(24)20-12(2)14-5-4-6-15(19)9-14/h4-10,12H,1-3H3,(H,21,23)(H2,20,22,24). The van der Waals surface area contributed by atoms with E-state index >= 15 is 0 Å². The van der Waals surface area contributed by atoms with Crippen molar-refractivity contribution in [3.05, 3.63) is 58.1 Å². The molecule has 6 heteroatoms. The molecule has 0 aliphatic carbocycles. The molecule has 0 heterocycles. The molecule has 3 amide bonds. The molecule has 0 aliphatic heterocycles. The molecule has 0 aromatic heterocycles. The number of amides is 3. The third kappa shape index (κ3) is 5.09. The summed E-state index contributed by atoms with van der Waals surface area (Å²) in [6.45, 7) is 5.26. The SMILES string of the molecule is CC(=O)Nc1ccc(C)c(NC(=O)NC(C)c2cccc(Br)c2)c1. The van der Waals surface area contributed by atoms with Crippen molar-refractivity contribution >= 4 is 39.2 Å². The lowest BCUT2D eigenvalue weighted by Crippen LogP contribution is -2.31. The van der Waals surface area contributed by atoms with Gasteiger partial charge in [-0.25, -0.2) is 4.79 Å². The van der Waals surface area contributed by atoms with Crippen LogP contribution in [0, 0.1) is 6.92 Å². The number of rotatable bonds is 4. The summed E-state index contributed by atoms with van der Waals surface area (Å²) in [5.41, 5.74) is 3.21. The van der Waals surface area contributed by atoms with E-state index in [2.05, 4.69) is 31.9 Å². The Labute approximate surface area is 150 Å². The summed E-state index contributed by atoms with van der Waals surface area (Å²) in [7, 11) is 0. The zero-order valence-corrected chi connectivity index (χ0v) is 15.4. The van der Waals surface area contributed by atoms with Gasteiger partial charge in [-0.15, -0.1) is 0 Å². The predicted octanol–water partition coefficient (Wildman–Crippen LogP) is 4.60. The molecule has 0 radical (unpaired) electrons. The number of hydrogen-bond donors (Lipinski definition) is 3. The van der Waals surface area contributed by atoms with Gasteiger partial charge in [0.05, 0.1) is 6.04 Å². The highest BCUT2D eigenvalue weighted by Crippen LogP contribution is 2.21. The first kappa shape index (κ1) is 18.0. The van der Waals surface area contributed by atoms with Crippen molar-refractivity contribution in [1.82, 2.24) is 5.32 Å². The summed E-state index contributed by atoms with van der Waals surface area (Å²) >= 11 is 3.42. The molecular formula is C18H20BrN3O2. The summed E-state index contributed by atoms with van der Waals surface area (Å²) in [4.78, 5) is 23.4. The molecule has 1 atom stereocenters. The summed E-state index contributed by atoms with van der Waals surface area (Å²) in [5.74, 6) is -0.155. The molecule has 2 aromatic carbocycles. The highest BCUT2D eigenvalue weighted by Gasteiger charge is 2.11. The van der Waals surface area contributed by atoms with Gasteiger partial charge in [0.15, 0.2) is 0 Å². The maximum Gasteiger partial charge on any atom is 0.319 e. The quantitative estimate of drug-likeness (QED) is 0.714. The van der Waals surface area contributed by atoms with Crippen molar-refractivity contribution in [1.29, 1.82) is 0 Å². The third-order valence-corrected chi connectivity index (χ3v) is 4.00. The van der Waals surface area contributed by atoms with E-state index in [1.807, 2.05) is 44.2 Å². The minimum Gasteiger partial charge on any atom is -0.331 e. The molecule has 1 unspecified atom stereocenters. The number of carbonyl (C=O) groups is 2. The van der Waals surface area contributed by atoms with Gasteiger partial charge in [0.2, 0.25) is 5.91 Å². The van der Waals surface area contributed by atoms with E-state index in [-0.39, 0.29) is 18.0 Å². The first-order valence-electron chi connectivity index (χ1n) is 7.56. The Hall–Kier alpha value is -2.34. The van der Waals surface area contributed by atoms with Crippen molar-refractivity contribution < 1.29 is 9.59 Å². The number of benzene rings is 2. The lowest BCUT2D eigenvalue weighted by Gasteiger charge is -2.17. The average Bonchev–Trinajstić information content (AvgIpc) is 2.50. The Balaban J connectivity index is 2.05. The molecule has 24 heavy (non-hydrogen) atoms. The molecule has 126 valence electrons. The van der Waals surface area contributed by atoms with Crippen molar-refractivity contribution in [3.63, 3.8) is 0 Å². The van der Waals surface area contributed by atoms with Gasteiger partial charge in [0.1, 0.15) is 0 Å². The Bertz CT molecular complexity index is 762. The number of hydrogen-bond acceptors (Lipinski definition) is 2. The van der Waals surface area contributed by atoms with Crippen LogP contribution in [0.25, 0.3) is 0 Å². The first-order chi connectivity index (χ1) is 11.3. The van der Waals surface area contributed by atoms with Crippen LogP contribution in [0.15, 0.2) is 46.9 Å². The number of urea groups is 1. The maximum absolute atomic E-state index is 12.2. The molecule has 0 spiro atoms. The van der Waals surface area contributed by atoms with Crippen LogP contribution in [0.5, 0.6) is 0 Å². The van der Waals surface area contributed by atoms with E-state index in [1.54, 1.807) is 12.1 Å². The summed E-state index contributed by atoms with van der Waals surface area (Å²) in [6, 6.07) is 12.7. The van der Waals surface area contributed by atoms with E-state index < -0.39 is 0 Å². The number of anilines is 2. The smallest absolute Gasteiger partial charge is 0.319 e. The fraction of sp³-hybridized carbons (Fsp3) is 0.222. The lowest BCUT2D eigenvalue weighted by atomic mass is 10.1. The summed E-state index contributed by atoms with van der Waals surface area (Å²) in [5, 5.41) is 8.43. The van der Waals surface area contributed by atoms with Gasteiger partial charge in [-0.2, -0.15) is 0 Å². The second-order valence-electron chi connectivity index (χ2n) is 5.59. The molecule has 0 fully saturated rings. The van der Waals surface area contributed by atoms with Gasteiger partial charge in [-0.3, -0.25) is 4.79 Å². The molecule has 0 bridgehead atoms. The van der Waals surface area contributed by atoms with Crippen LogP contribution < -0.4 is 16.0 Å². The Morgan fingerprint density at radius 2 is 1.83 bits per heavy atom. The van der Waals surface area contributed by atoms with E-state index in [1.165, 1.54) is 6.92 Å².